The Kier molecular flexibility index (Phi) is 32.4. The van der Waals surface area contributed by atoms with Gasteiger partial charge in [-0.15, -0.1) is 34.0 Å². The Morgan fingerprint density at radius 3 is 1.61 bits per heavy atom. The molecule has 2 N–H and O–H groups in total. The number of pyridine rings is 4. The fourth-order valence-corrected chi connectivity index (χ4v) is 10.1. The third-order valence-corrected chi connectivity index (χ3v) is 16.6. The number of aryl methyl sites for hydroxylation is 20. The van der Waals surface area contributed by atoms with Crippen LogP contribution in [0.2, 0.25) is 0 Å². The predicted octanol–water partition coefficient (Wildman–Crippen LogP) is 20.6. The monoisotopic (exact) mass is 1320 g/mol. The molecule has 11 heterocycles. The zero-order chi connectivity index (χ0) is 69.5. The molecule has 0 fully saturated rings. The molecule has 1 aliphatic rings. The quantitative estimate of drug-likeness (QED) is 0.149. The summed E-state index contributed by atoms with van der Waals surface area (Å²) in [6.07, 6.45) is 8.71. The molecule has 17 heteroatoms. The summed E-state index contributed by atoms with van der Waals surface area (Å²) in [7, 11) is 1.85. The number of aromatic amines is 2. The van der Waals surface area contributed by atoms with E-state index in [0.717, 1.165) is 62.1 Å². The van der Waals surface area contributed by atoms with Crippen LogP contribution in [0.25, 0.3) is 21.9 Å². The number of para-hydroxylation sites is 2. The Morgan fingerprint density at radius 2 is 1.18 bits per heavy atom. The minimum absolute atomic E-state index is 0.184. The van der Waals surface area contributed by atoms with Crippen molar-refractivity contribution in [2.24, 2.45) is 7.05 Å². The van der Waals surface area contributed by atoms with Crippen LogP contribution in [0.4, 0.5) is 4.39 Å². The van der Waals surface area contributed by atoms with E-state index in [9.17, 15) is 9.18 Å². The number of benzene rings is 3. The molecular weight excluding hydrogens is 1230 g/mol. The van der Waals surface area contributed by atoms with Crippen molar-refractivity contribution in [3.05, 3.63) is 290 Å². The number of thiophene rings is 3. The van der Waals surface area contributed by atoms with E-state index in [0.29, 0.717) is 11.5 Å². The maximum Gasteiger partial charge on any atom is 0.404 e. The summed E-state index contributed by atoms with van der Waals surface area (Å²) in [6.45, 7) is 39.9. The van der Waals surface area contributed by atoms with E-state index in [1.165, 1.54) is 70.8 Å². The summed E-state index contributed by atoms with van der Waals surface area (Å²) >= 11 is 5.42. The first kappa shape index (κ1) is 77.3. The molecule has 10 aromatic heterocycles. The van der Waals surface area contributed by atoms with E-state index >= 15 is 0 Å². The second-order valence-corrected chi connectivity index (χ2v) is 26.3. The number of alkyl halides is 1. The number of hydrogen-bond acceptors (Lipinski definition) is 13. The molecule has 1 unspecified atom stereocenters. The number of aromatic nitrogens is 9. The van der Waals surface area contributed by atoms with E-state index in [4.69, 9.17) is 13.9 Å². The molecule has 0 bridgehead atoms. The zero-order valence-electron chi connectivity index (χ0n) is 58.6. The molecule has 0 amide bonds. The molecule has 1 aliphatic heterocycles. The highest BCUT2D eigenvalue weighted by Gasteiger charge is 2.37. The Balaban J connectivity index is 0.000000222. The van der Waals surface area contributed by atoms with E-state index < -0.39 is 6.04 Å². The van der Waals surface area contributed by atoms with Gasteiger partial charge in [-0.2, -0.15) is 9.49 Å². The van der Waals surface area contributed by atoms with Gasteiger partial charge in [0.05, 0.1) is 22.7 Å². The van der Waals surface area contributed by atoms with Crippen LogP contribution < -0.4 is 15.2 Å². The average molecular weight is 1320 g/mol. The highest BCUT2D eigenvalue weighted by atomic mass is 32.1. The van der Waals surface area contributed by atoms with Crippen molar-refractivity contribution >= 4 is 55.9 Å². The van der Waals surface area contributed by atoms with E-state index in [2.05, 4.69) is 199 Å². The van der Waals surface area contributed by atoms with Crippen LogP contribution in [0.15, 0.2) is 185 Å². The van der Waals surface area contributed by atoms with Gasteiger partial charge in [0.15, 0.2) is 11.5 Å². The van der Waals surface area contributed by atoms with E-state index in [1.54, 1.807) is 58.2 Å². The molecule has 13 nitrogen and oxygen atoms in total. The lowest BCUT2D eigenvalue weighted by Crippen LogP contribution is -2.28. The molecule has 0 saturated heterocycles. The van der Waals surface area contributed by atoms with Crippen molar-refractivity contribution in [3.63, 3.8) is 0 Å². The summed E-state index contributed by atoms with van der Waals surface area (Å²) in [5.41, 5.74) is 16.8. The molecule has 94 heavy (non-hydrogen) atoms. The Morgan fingerprint density at radius 1 is 0.532 bits per heavy atom. The van der Waals surface area contributed by atoms with Crippen molar-refractivity contribution in [2.45, 2.75) is 145 Å². The van der Waals surface area contributed by atoms with Gasteiger partial charge < -0.3 is 23.9 Å². The SMILES string of the molecule is Cc1cc(C)c(C)o1.Cc1ccc(C)s1.Cc1ccc2ccccc2n1.Cc1cccc2c1OC(C)(F)O2.Cc1ccccc1C.Cc1cccnc1C.Cc1cccs1.Cc1ccsc1C.Cc1cnc(C)c(C)c1.Cc1cncc2[nH]c(=O)[nH]c12.Cc1ncn(C)n1. The first-order valence-corrected chi connectivity index (χ1v) is 33.3. The van der Waals surface area contributed by atoms with Crippen molar-refractivity contribution in [1.82, 2.24) is 44.7 Å². The lowest BCUT2D eigenvalue weighted by molar-refractivity contribution is -0.173. The maximum atomic E-state index is 13.1. The summed E-state index contributed by atoms with van der Waals surface area (Å²) in [5.74, 6) is 3.83. The fourth-order valence-electron chi connectivity index (χ4n) is 8.08. The van der Waals surface area contributed by atoms with Gasteiger partial charge in [-0.25, -0.2) is 9.78 Å². The van der Waals surface area contributed by atoms with Gasteiger partial charge in [-0.05, 0) is 247 Å². The molecule has 14 rings (SSSR count). The molecular formula is C77H94FN9O4S3. The van der Waals surface area contributed by atoms with Crippen molar-refractivity contribution in [2.75, 3.05) is 0 Å². The van der Waals surface area contributed by atoms with Gasteiger partial charge in [0.25, 0.3) is 0 Å². The van der Waals surface area contributed by atoms with Crippen LogP contribution in [0.3, 0.4) is 0 Å². The Labute approximate surface area is 568 Å². The number of rotatable bonds is 0. The van der Waals surface area contributed by atoms with Crippen LogP contribution >= 0.6 is 34.0 Å². The molecule has 0 saturated carbocycles. The first-order chi connectivity index (χ1) is 44.5. The van der Waals surface area contributed by atoms with Gasteiger partial charge in [0.1, 0.15) is 23.7 Å². The molecule has 1 atom stereocenters. The van der Waals surface area contributed by atoms with Crippen LogP contribution in [-0.4, -0.2) is 50.7 Å². The number of hydrogen-bond donors (Lipinski definition) is 2. The topological polar surface area (TPSA) is 163 Å². The van der Waals surface area contributed by atoms with Gasteiger partial charge in [0.2, 0.25) is 0 Å². The molecule has 0 spiro atoms. The highest BCUT2D eigenvalue weighted by molar-refractivity contribution is 7.11. The number of imidazole rings is 1. The summed E-state index contributed by atoms with van der Waals surface area (Å²) in [6, 6.07) is 42.7. The van der Waals surface area contributed by atoms with Crippen LogP contribution in [-0.2, 0) is 7.05 Å². The number of ether oxygens (including phenoxy) is 2. The Hall–Kier alpha value is -9.16. The largest absolute Gasteiger partial charge is 0.466 e. The molecule has 496 valence electrons. The number of H-pyrrole nitrogens is 2. The summed E-state index contributed by atoms with van der Waals surface area (Å²) in [5, 5.41) is 9.32. The minimum Gasteiger partial charge on any atom is -0.466 e. The average Bonchev–Trinajstić information content (AvgIpc) is 1.66. The van der Waals surface area contributed by atoms with Gasteiger partial charge in [0, 0.05) is 74.5 Å². The van der Waals surface area contributed by atoms with E-state index in [-0.39, 0.29) is 5.69 Å². The Bertz CT molecular complexity index is 4190. The van der Waals surface area contributed by atoms with Crippen LogP contribution in [0.5, 0.6) is 11.5 Å². The number of nitrogens with one attached hydrogen (secondary N) is 2. The highest BCUT2D eigenvalue weighted by Crippen LogP contribution is 2.41. The third-order valence-electron chi connectivity index (χ3n) is 13.9. The summed E-state index contributed by atoms with van der Waals surface area (Å²) in [4.78, 5) is 42.2. The normalized spacial score (nSPS) is 11.8. The number of halogens is 1. The smallest absolute Gasteiger partial charge is 0.404 e. The molecule has 13 aromatic rings. The first-order valence-electron chi connectivity index (χ1n) is 30.7. The van der Waals surface area contributed by atoms with Crippen LogP contribution in [0.1, 0.15) is 111 Å². The van der Waals surface area contributed by atoms with Gasteiger partial charge >= 0.3 is 11.7 Å². The lowest BCUT2D eigenvalue weighted by Gasteiger charge is -2.10. The second-order valence-electron chi connectivity index (χ2n) is 22.6. The van der Waals surface area contributed by atoms with Crippen LogP contribution in [0, 0.1) is 132 Å². The zero-order valence-corrected chi connectivity index (χ0v) is 61.1. The third kappa shape index (κ3) is 28.8. The van der Waals surface area contributed by atoms with Gasteiger partial charge in [-0.1, -0.05) is 78.9 Å². The number of fused-ring (bicyclic) bond motifs is 3. The fraction of sp³-hybridized carbons (Fsp3) is 0.286. The van der Waals surface area contributed by atoms with Crippen molar-refractivity contribution < 1.29 is 18.3 Å². The minimum atomic E-state index is -2.01. The molecule has 0 radical (unpaired) electrons. The summed E-state index contributed by atoms with van der Waals surface area (Å²) < 4.78 is 29.9. The maximum absolute atomic E-state index is 13.1. The van der Waals surface area contributed by atoms with Crippen molar-refractivity contribution in [3.8, 4) is 11.5 Å². The number of nitrogens with zero attached hydrogens (tertiary/aromatic N) is 7. The van der Waals surface area contributed by atoms with E-state index in [1.807, 2.05) is 136 Å². The second kappa shape index (κ2) is 39.4. The standard InChI is InChI=1S/C10H9N.C9H9FO2.C8H11N.C8H10.C7H7N3O.C7H9N.C7H10O.2C6H8S.C5H6S.C4H7N3/c1-8-6-7-9-4-2-3-5-10(9)11-8;1-6-4-3-5-7-8(6)12-9(2,10)11-7;1-6-4-7(2)8(3)9-5-6;1-7-5-3-4-6-8(7)2;1-4-2-8-3-5-6(4)10-7(11)9-5;1-6-4-3-5-8-7(6)2;1-5-4-6(2)8-7(5)3;1-5-3-4-7-6(5)2;1-5-3-4-6(2)7-5;1-5-3-2-4-6-5;1-4-5-3-7(2)6-4/h2-7H,1H3;3-5H,1-2H3;4-5H,1-3H3;3-6H,1-2H3;2-3H,1H3,(H2,9,10,11);3-5H,1-2H3;4H,1-3H3;2*3-4H,1-2H3;2-4H,1H3;3H,1-2H3. The lowest BCUT2D eigenvalue weighted by atomic mass is 10.1. The number of furan rings is 1. The van der Waals surface area contributed by atoms with Crippen molar-refractivity contribution in [1.29, 1.82) is 0 Å². The molecule has 0 aliphatic carbocycles. The predicted molar refractivity (Wildman–Crippen MR) is 393 cm³/mol. The van der Waals surface area contributed by atoms with Gasteiger partial charge in [-0.3, -0.25) is 24.6 Å². The molecule has 3 aromatic carbocycles.